The molecular formula is C17H14IN3O3S. The summed E-state index contributed by atoms with van der Waals surface area (Å²) >= 11 is 3.37. The van der Waals surface area contributed by atoms with Gasteiger partial charge in [0.25, 0.3) is 5.22 Å². The standard InChI is InChI=1S/C17H14IN3O3S/c1-23-12-8-6-11(7-9-12)16-20-21-17(24-16)25-10-15(22)19-14-5-3-2-4-13(14)18/h2-9H,10H2,1H3,(H,19,22). The Kier molecular flexibility index (Phi) is 5.92. The van der Waals surface area contributed by atoms with Crippen molar-refractivity contribution in [1.29, 1.82) is 0 Å². The summed E-state index contributed by atoms with van der Waals surface area (Å²) in [7, 11) is 1.61. The van der Waals surface area contributed by atoms with Crippen LogP contribution in [0.1, 0.15) is 0 Å². The second-order valence-electron chi connectivity index (χ2n) is 4.92. The number of methoxy groups -OCH3 is 1. The number of carbonyl (C=O) groups is 1. The van der Waals surface area contributed by atoms with Crippen molar-refractivity contribution in [2.24, 2.45) is 0 Å². The lowest BCUT2D eigenvalue weighted by Crippen LogP contribution is -2.14. The molecule has 25 heavy (non-hydrogen) atoms. The number of nitrogens with zero attached hydrogens (tertiary/aromatic N) is 2. The molecular weight excluding hydrogens is 453 g/mol. The van der Waals surface area contributed by atoms with E-state index < -0.39 is 0 Å². The highest BCUT2D eigenvalue weighted by Gasteiger charge is 2.12. The van der Waals surface area contributed by atoms with Crippen molar-refractivity contribution in [3.63, 3.8) is 0 Å². The number of aromatic nitrogens is 2. The molecule has 6 nitrogen and oxygen atoms in total. The maximum atomic E-state index is 12.0. The zero-order chi connectivity index (χ0) is 17.6. The van der Waals surface area contributed by atoms with Crippen LogP contribution in [0.3, 0.4) is 0 Å². The first-order chi connectivity index (χ1) is 12.2. The maximum absolute atomic E-state index is 12.0. The van der Waals surface area contributed by atoms with Crippen molar-refractivity contribution in [2.75, 3.05) is 18.2 Å². The van der Waals surface area contributed by atoms with Gasteiger partial charge in [-0.25, -0.2) is 0 Å². The van der Waals surface area contributed by atoms with Crippen LogP contribution in [0.4, 0.5) is 5.69 Å². The summed E-state index contributed by atoms with van der Waals surface area (Å²) in [5.74, 6) is 1.22. The number of ether oxygens (including phenoxy) is 1. The average molecular weight is 467 g/mol. The molecule has 3 rings (SSSR count). The smallest absolute Gasteiger partial charge is 0.277 e. The van der Waals surface area contributed by atoms with Crippen molar-refractivity contribution in [1.82, 2.24) is 10.2 Å². The summed E-state index contributed by atoms with van der Waals surface area (Å²) in [5, 5.41) is 11.2. The first-order valence-electron chi connectivity index (χ1n) is 7.31. The summed E-state index contributed by atoms with van der Waals surface area (Å²) < 4.78 is 11.7. The van der Waals surface area contributed by atoms with Gasteiger partial charge in [0, 0.05) is 9.13 Å². The highest BCUT2D eigenvalue weighted by Crippen LogP contribution is 2.25. The Balaban J connectivity index is 1.58. The highest BCUT2D eigenvalue weighted by atomic mass is 127. The van der Waals surface area contributed by atoms with Gasteiger partial charge in [-0.3, -0.25) is 4.79 Å². The minimum Gasteiger partial charge on any atom is -0.497 e. The lowest BCUT2D eigenvalue weighted by atomic mass is 10.2. The van der Waals surface area contributed by atoms with Crippen LogP contribution in [-0.2, 0) is 4.79 Å². The molecule has 2 aromatic carbocycles. The van der Waals surface area contributed by atoms with E-state index in [0.29, 0.717) is 11.1 Å². The van der Waals surface area contributed by atoms with Crippen molar-refractivity contribution in [3.05, 3.63) is 52.1 Å². The van der Waals surface area contributed by atoms with Gasteiger partial charge in [0.15, 0.2) is 0 Å². The third-order valence-corrected chi connectivity index (χ3v) is 4.98. The van der Waals surface area contributed by atoms with Gasteiger partial charge in [0.05, 0.1) is 18.6 Å². The number of hydrogen-bond donors (Lipinski definition) is 1. The van der Waals surface area contributed by atoms with Crippen molar-refractivity contribution in [3.8, 4) is 17.2 Å². The van der Waals surface area contributed by atoms with Crippen LogP contribution in [0, 0.1) is 3.57 Å². The van der Waals surface area contributed by atoms with E-state index in [1.54, 1.807) is 7.11 Å². The van der Waals surface area contributed by atoms with Crippen molar-refractivity contribution < 1.29 is 13.9 Å². The van der Waals surface area contributed by atoms with E-state index in [1.807, 2.05) is 48.5 Å². The molecule has 0 aliphatic carbocycles. The molecule has 0 bridgehead atoms. The van der Waals surface area contributed by atoms with E-state index in [1.165, 1.54) is 11.8 Å². The predicted octanol–water partition coefficient (Wildman–Crippen LogP) is 4.08. The first kappa shape index (κ1) is 17.7. The largest absolute Gasteiger partial charge is 0.497 e. The van der Waals surface area contributed by atoms with Crippen LogP contribution >= 0.6 is 34.4 Å². The number of nitrogens with one attached hydrogen (secondary N) is 1. The van der Waals surface area contributed by atoms with Gasteiger partial charge in [0.1, 0.15) is 5.75 Å². The molecule has 0 spiro atoms. The number of thioether (sulfide) groups is 1. The molecule has 0 aliphatic heterocycles. The minimum absolute atomic E-state index is 0.127. The van der Waals surface area contributed by atoms with E-state index in [4.69, 9.17) is 9.15 Å². The van der Waals surface area contributed by atoms with Crippen LogP contribution in [0.5, 0.6) is 5.75 Å². The number of rotatable bonds is 6. The average Bonchev–Trinajstić information content (AvgIpc) is 3.11. The normalized spacial score (nSPS) is 10.5. The second kappa shape index (κ2) is 8.34. The lowest BCUT2D eigenvalue weighted by Gasteiger charge is -2.05. The molecule has 0 fully saturated rings. The van der Waals surface area contributed by atoms with Crippen molar-refractivity contribution in [2.45, 2.75) is 5.22 Å². The Morgan fingerprint density at radius 2 is 1.96 bits per heavy atom. The van der Waals surface area contributed by atoms with Crippen LogP contribution in [0.25, 0.3) is 11.5 Å². The second-order valence-corrected chi connectivity index (χ2v) is 7.01. The van der Waals surface area contributed by atoms with Crippen LogP contribution in [-0.4, -0.2) is 29.0 Å². The molecule has 0 unspecified atom stereocenters. The first-order valence-corrected chi connectivity index (χ1v) is 9.37. The predicted molar refractivity (Wildman–Crippen MR) is 105 cm³/mol. The molecule has 1 amide bonds. The summed E-state index contributed by atoms with van der Waals surface area (Å²) in [5.41, 5.74) is 1.58. The van der Waals surface area contributed by atoms with Gasteiger partial charge in [-0.2, -0.15) is 0 Å². The van der Waals surface area contributed by atoms with E-state index in [0.717, 1.165) is 20.6 Å². The molecule has 0 radical (unpaired) electrons. The summed E-state index contributed by atoms with van der Waals surface area (Å²) in [4.78, 5) is 12.0. The van der Waals surface area contributed by atoms with Crippen molar-refractivity contribution >= 4 is 45.9 Å². The molecule has 0 saturated carbocycles. The number of carbonyl (C=O) groups excluding carboxylic acids is 1. The molecule has 0 atom stereocenters. The third-order valence-electron chi connectivity index (χ3n) is 3.22. The molecule has 1 heterocycles. The number of benzene rings is 2. The number of halogens is 1. The van der Waals surface area contributed by atoms with Crippen LogP contribution in [0.2, 0.25) is 0 Å². The van der Waals surface area contributed by atoms with E-state index in [9.17, 15) is 4.79 Å². The molecule has 3 aromatic rings. The number of anilines is 1. The Labute approximate surface area is 162 Å². The van der Waals surface area contributed by atoms with Gasteiger partial charge in [-0.05, 0) is 59.0 Å². The summed E-state index contributed by atoms with van der Waals surface area (Å²) in [6, 6.07) is 14.9. The monoisotopic (exact) mass is 467 g/mol. The molecule has 0 aliphatic rings. The lowest BCUT2D eigenvalue weighted by molar-refractivity contribution is -0.113. The van der Waals surface area contributed by atoms with Gasteiger partial charge < -0.3 is 14.5 Å². The Bertz CT molecular complexity index is 868. The van der Waals surface area contributed by atoms with Gasteiger partial charge in [0.2, 0.25) is 11.8 Å². The Morgan fingerprint density at radius 3 is 2.68 bits per heavy atom. The Morgan fingerprint density at radius 1 is 1.20 bits per heavy atom. The third kappa shape index (κ3) is 4.73. The van der Waals surface area contributed by atoms with Gasteiger partial charge in [-0.1, -0.05) is 23.9 Å². The molecule has 1 N–H and O–H groups in total. The van der Waals surface area contributed by atoms with E-state index in [2.05, 4.69) is 38.1 Å². The van der Waals surface area contributed by atoms with Crippen LogP contribution in [0.15, 0.2) is 58.2 Å². The highest BCUT2D eigenvalue weighted by molar-refractivity contribution is 14.1. The number of hydrogen-bond acceptors (Lipinski definition) is 6. The summed E-state index contributed by atoms with van der Waals surface area (Å²) in [6.07, 6.45) is 0. The molecule has 1 aromatic heterocycles. The van der Waals surface area contributed by atoms with E-state index >= 15 is 0 Å². The number of para-hydroxylation sites is 1. The topological polar surface area (TPSA) is 77.2 Å². The SMILES string of the molecule is COc1ccc(-c2nnc(SCC(=O)Nc3ccccc3I)o2)cc1. The minimum atomic E-state index is -0.127. The Hall–Kier alpha value is -2.07. The molecule has 8 heteroatoms. The fourth-order valence-corrected chi connectivity index (χ4v) is 3.08. The summed E-state index contributed by atoms with van der Waals surface area (Å²) in [6.45, 7) is 0. The maximum Gasteiger partial charge on any atom is 0.277 e. The molecule has 0 saturated heterocycles. The number of amides is 1. The fourth-order valence-electron chi connectivity index (χ4n) is 1.99. The zero-order valence-corrected chi connectivity index (χ0v) is 16.2. The van der Waals surface area contributed by atoms with Gasteiger partial charge in [-0.15, -0.1) is 10.2 Å². The zero-order valence-electron chi connectivity index (χ0n) is 13.2. The van der Waals surface area contributed by atoms with E-state index in [-0.39, 0.29) is 11.7 Å². The van der Waals surface area contributed by atoms with Gasteiger partial charge >= 0.3 is 0 Å². The molecule has 128 valence electrons. The quantitative estimate of drug-likeness (QED) is 0.435. The fraction of sp³-hybridized carbons (Fsp3) is 0.118. The van der Waals surface area contributed by atoms with Crippen LogP contribution < -0.4 is 10.1 Å².